The molecular weight excluding hydrogens is 559 g/mol. The van der Waals surface area contributed by atoms with Crippen molar-refractivity contribution in [3.05, 3.63) is 74.6 Å². The summed E-state index contributed by atoms with van der Waals surface area (Å²) in [6.45, 7) is 3.17. The van der Waals surface area contributed by atoms with Gasteiger partial charge in [0.15, 0.2) is 5.96 Å². The Bertz CT molecular complexity index is 1380. The maximum Gasteiger partial charge on any atom is 0.261 e. The van der Waals surface area contributed by atoms with Crippen molar-refractivity contribution < 1.29 is 14.3 Å². The number of halogens is 2. The predicted octanol–water partition coefficient (Wildman–Crippen LogP) is 4.93. The Morgan fingerprint density at radius 1 is 1.05 bits per heavy atom. The van der Waals surface area contributed by atoms with Crippen LogP contribution in [0, 0.1) is 6.92 Å². The van der Waals surface area contributed by atoms with Crippen LogP contribution in [-0.4, -0.2) is 41.8 Å². The van der Waals surface area contributed by atoms with Crippen LogP contribution in [0.3, 0.4) is 0 Å². The zero-order chi connectivity index (χ0) is 27.8. The minimum Gasteiger partial charge on any atom is -0.490 e. The number of aromatic nitrogens is 1. The molecule has 0 saturated heterocycles. The Morgan fingerprint density at radius 2 is 1.79 bits per heavy atom. The summed E-state index contributed by atoms with van der Waals surface area (Å²) >= 11 is 14.0. The molecule has 2 aromatic carbocycles. The number of aliphatic imine (C=N–C) groups is 1. The fraction of sp³-hybridized carbons (Fsp3) is 0.259. The Balaban J connectivity index is 1.57. The minimum absolute atomic E-state index is 0.0644. The first-order valence-corrected chi connectivity index (χ1v) is 13.8. The van der Waals surface area contributed by atoms with E-state index >= 15 is 0 Å². The van der Waals surface area contributed by atoms with E-state index in [1.165, 1.54) is 11.5 Å². The van der Waals surface area contributed by atoms with Crippen molar-refractivity contribution in [2.45, 2.75) is 26.3 Å². The van der Waals surface area contributed by atoms with Crippen molar-refractivity contribution in [2.75, 3.05) is 25.0 Å². The van der Waals surface area contributed by atoms with E-state index in [1.807, 2.05) is 43.3 Å². The van der Waals surface area contributed by atoms with Gasteiger partial charge in [0, 0.05) is 10.4 Å². The lowest BCUT2D eigenvalue weighted by Crippen LogP contribution is -2.37. The van der Waals surface area contributed by atoms with Gasteiger partial charge in [-0.05, 0) is 79.8 Å². The Labute approximate surface area is 240 Å². The number of nitrogens with zero attached hydrogens (tertiary/aromatic N) is 2. The van der Waals surface area contributed by atoms with Crippen LogP contribution in [0.4, 0.5) is 5.69 Å². The van der Waals surface area contributed by atoms with Gasteiger partial charge in [0.05, 0.1) is 40.1 Å². The summed E-state index contributed by atoms with van der Waals surface area (Å²) in [4.78, 5) is 30.5. The molecule has 2 amide bonds. The Kier molecular flexibility index (Phi) is 9.94. The van der Waals surface area contributed by atoms with Gasteiger partial charge in [-0.3, -0.25) is 14.9 Å². The number of carbonyl (C=O) groups excluding carboxylic acids is 2. The fourth-order valence-corrected chi connectivity index (χ4v) is 5.17. The van der Waals surface area contributed by atoms with Gasteiger partial charge in [-0.15, -0.1) is 0 Å². The van der Waals surface area contributed by atoms with Gasteiger partial charge in [-0.2, -0.15) is 4.37 Å². The molecule has 0 spiro atoms. The van der Waals surface area contributed by atoms with Crippen molar-refractivity contribution in [3.8, 4) is 17.0 Å². The van der Waals surface area contributed by atoms with Gasteiger partial charge in [-0.25, -0.2) is 4.99 Å². The third kappa shape index (κ3) is 7.79. The van der Waals surface area contributed by atoms with Gasteiger partial charge >= 0.3 is 0 Å². The zero-order valence-corrected chi connectivity index (χ0v) is 23.6. The predicted molar refractivity (Wildman–Crippen MR) is 157 cm³/mol. The average molecular weight is 588 g/mol. The molecule has 5 N–H and O–H groups in total. The summed E-state index contributed by atoms with van der Waals surface area (Å²) in [5, 5.41) is 9.02. The molecule has 0 atom stereocenters. The van der Waals surface area contributed by atoms with Gasteiger partial charge in [0.1, 0.15) is 12.4 Å². The highest BCUT2D eigenvalue weighted by Gasteiger charge is 2.20. The van der Waals surface area contributed by atoms with Crippen LogP contribution in [0.25, 0.3) is 11.3 Å². The number of nitrogens with two attached hydrogens (primary N) is 1. The summed E-state index contributed by atoms with van der Waals surface area (Å²) in [5.74, 6) is -0.0250. The number of amides is 2. The van der Waals surface area contributed by atoms with Gasteiger partial charge < -0.3 is 21.1 Å². The van der Waals surface area contributed by atoms with Crippen molar-refractivity contribution >= 4 is 58.2 Å². The molecule has 4 aliphatic heterocycles. The topological polar surface area (TPSA) is 131 Å². The molecule has 4 bridgehead atoms. The number of aryl methyl sites for hydroxylation is 1. The van der Waals surface area contributed by atoms with Gasteiger partial charge in [-0.1, -0.05) is 35.4 Å². The SMILES string of the molecule is Cc1snc2c1C(=O)NC(N)=NCc1cc(Cl)c(c(Cl)c1)NC(=O)CNCCC/C=C/COc1ccc-2cc1. The smallest absolute Gasteiger partial charge is 0.261 e. The lowest BCUT2D eigenvalue weighted by Gasteiger charge is -2.12. The maximum absolute atomic E-state index is 13.1. The first-order valence-electron chi connectivity index (χ1n) is 12.3. The van der Waals surface area contributed by atoms with Crippen LogP contribution in [0.1, 0.15) is 33.6 Å². The summed E-state index contributed by atoms with van der Waals surface area (Å²) in [6.07, 6.45) is 5.70. The number of hydrogen-bond donors (Lipinski definition) is 4. The number of benzene rings is 2. The molecular formula is C27H28Cl2N6O3S. The highest BCUT2D eigenvalue weighted by molar-refractivity contribution is 7.06. The van der Waals surface area contributed by atoms with Gasteiger partial charge in [0.25, 0.3) is 5.91 Å². The Morgan fingerprint density at radius 3 is 2.54 bits per heavy atom. The molecule has 3 aromatic rings. The van der Waals surface area contributed by atoms with E-state index in [9.17, 15) is 9.59 Å². The van der Waals surface area contributed by atoms with E-state index in [2.05, 4.69) is 25.3 Å². The molecule has 12 heteroatoms. The lowest BCUT2D eigenvalue weighted by molar-refractivity contribution is -0.115. The molecule has 9 nitrogen and oxygen atoms in total. The number of rotatable bonds is 0. The second kappa shape index (κ2) is 13.6. The normalized spacial score (nSPS) is 16.5. The van der Waals surface area contributed by atoms with E-state index < -0.39 is 5.91 Å². The van der Waals surface area contributed by atoms with Gasteiger partial charge in [0.2, 0.25) is 5.91 Å². The molecule has 39 heavy (non-hydrogen) atoms. The average Bonchev–Trinajstić information content (AvgIpc) is 3.30. The largest absolute Gasteiger partial charge is 0.490 e. The van der Waals surface area contributed by atoms with Crippen molar-refractivity contribution in [1.29, 1.82) is 0 Å². The highest BCUT2D eigenvalue weighted by Crippen LogP contribution is 2.32. The quantitative estimate of drug-likeness (QED) is 0.276. The molecule has 0 unspecified atom stereocenters. The van der Waals surface area contributed by atoms with Crippen LogP contribution < -0.4 is 26.4 Å². The minimum atomic E-state index is -0.410. The summed E-state index contributed by atoms with van der Waals surface area (Å²) in [6, 6.07) is 10.7. The van der Waals surface area contributed by atoms with Crippen LogP contribution in [0.5, 0.6) is 5.75 Å². The van der Waals surface area contributed by atoms with Crippen LogP contribution in [0.2, 0.25) is 10.0 Å². The number of anilines is 1. The van der Waals surface area contributed by atoms with Crippen LogP contribution in [0.15, 0.2) is 53.5 Å². The van der Waals surface area contributed by atoms with E-state index in [0.29, 0.717) is 41.4 Å². The van der Waals surface area contributed by atoms with E-state index in [-0.39, 0.29) is 35.0 Å². The molecule has 0 saturated carbocycles. The standard InChI is InChI=1S/C27H28Cl2N6O3S/c1-16-23-24(35-39-16)18-6-8-19(9-7-18)38-11-5-3-2-4-10-31-15-22(36)33-25-20(28)12-17(13-21(25)29)14-32-27(30)34-26(23)37/h3,5-9,12-13,31H,2,4,10-11,14-15H2,1H3,(H,33,36)(H3,30,32,34,37)/b5-3+. The van der Waals surface area contributed by atoms with Crippen LogP contribution >= 0.6 is 34.7 Å². The third-order valence-corrected chi connectivity index (χ3v) is 7.13. The third-order valence-electron chi connectivity index (χ3n) is 5.78. The lowest BCUT2D eigenvalue weighted by atomic mass is 10.1. The second-order valence-corrected chi connectivity index (χ2v) is 10.5. The zero-order valence-electron chi connectivity index (χ0n) is 21.2. The molecule has 0 aliphatic carbocycles. The first kappa shape index (κ1) is 28.6. The molecule has 0 radical (unpaired) electrons. The van der Waals surface area contributed by atoms with E-state index in [0.717, 1.165) is 23.3 Å². The molecule has 4 aliphatic rings. The molecule has 5 heterocycles. The summed E-state index contributed by atoms with van der Waals surface area (Å²) in [5.41, 5.74) is 8.77. The molecule has 204 valence electrons. The summed E-state index contributed by atoms with van der Waals surface area (Å²) < 4.78 is 10.3. The monoisotopic (exact) mass is 586 g/mol. The first-order chi connectivity index (χ1) is 18.8. The summed E-state index contributed by atoms with van der Waals surface area (Å²) in [7, 11) is 0. The number of carbonyl (C=O) groups is 2. The maximum atomic E-state index is 13.1. The highest BCUT2D eigenvalue weighted by atomic mass is 35.5. The number of guanidine groups is 1. The van der Waals surface area contributed by atoms with Crippen molar-refractivity contribution in [1.82, 2.24) is 15.0 Å². The second-order valence-electron chi connectivity index (χ2n) is 8.73. The van der Waals surface area contributed by atoms with E-state index in [4.69, 9.17) is 33.7 Å². The number of ether oxygens (including phenoxy) is 1. The van der Waals surface area contributed by atoms with Crippen molar-refractivity contribution in [3.63, 3.8) is 0 Å². The van der Waals surface area contributed by atoms with Crippen molar-refractivity contribution in [2.24, 2.45) is 10.7 Å². The van der Waals surface area contributed by atoms with Crippen LogP contribution in [-0.2, 0) is 11.3 Å². The van der Waals surface area contributed by atoms with E-state index in [1.54, 1.807) is 12.1 Å². The molecule has 7 rings (SSSR count). The Hall–Kier alpha value is -3.44. The molecule has 1 aromatic heterocycles. The number of nitrogens with one attached hydrogen (secondary N) is 3. The fourth-order valence-electron chi connectivity index (χ4n) is 3.84. The molecule has 0 fully saturated rings. The number of hydrogen-bond acceptors (Lipinski definition) is 8. The number of allylic oxidation sites excluding steroid dienone is 1.